The SMILES string of the molecule is Cc1ccc(C(=O)Cc2cc(F)cc(CN3CCN(C(=O)C4CCCC4)[C@@H](C)C3)c2Cl)cn1. The van der Waals surface area contributed by atoms with E-state index in [1.54, 1.807) is 18.3 Å². The molecule has 0 N–H and O–H groups in total. The zero-order valence-corrected chi connectivity index (χ0v) is 20.1. The van der Waals surface area contributed by atoms with E-state index < -0.39 is 5.82 Å². The Morgan fingerprint density at radius 1 is 1.15 bits per heavy atom. The summed E-state index contributed by atoms with van der Waals surface area (Å²) in [6.07, 6.45) is 5.87. The Morgan fingerprint density at radius 3 is 2.55 bits per heavy atom. The van der Waals surface area contributed by atoms with Crippen LogP contribution in [0.3, 0.4) is 0 Å². The number of amides is 1. The number of hydrogen-bond donors (Lipinski definition) is 0. The van der Waals surface area contributed by atoms with Crippen LogP contribution in [0, 0.1) is 18.7 Å². The molecule has 2 heterocycles. The second-order valence-corrected chi connectivity index (χ2v) is 9.80. The summed E-state index contributed by atoms with van der Waals surface area (Å²) in [6, 6.07) is 6.40. The monoisotopic (exact) mass is 471 g/mol. The van der Waals surface area contributed by atoms with Crippen molar-refractivity contribution in [2.75, 3.05) is 19.6 Å². The first-order valence-corrected chi connectivity index (χ1v) is 12.1. The minimum atomic E-state index is -0.401. The molecule has 2 aromatic rings. The van der Waals surface area contributed by atoms with E-state index in [1.807, 2.05) is 11.8 Å². The van der Waals surface area contributed by atoms with Crippen molar-refractivity contribution in [2.45, 2.75) is 58.5 Å². The van der Waals surface area contributed by atoms with Crippen molar-refractivity contribution in [3.05, 3.63) is 63.7 Å². The van der Waals surface area contributed by atoms with E-state index in [-0.39, 0.29) is 30.1 Å². The molecule has 2 aliphatic rings. The fourth-order valence-corrected chi connectivity index (χ4v) is 5.25. The van der Waals surface area contributed by atoms with Crippen molar-refractivity contribution in [2.24, 2.45) is 5.92 Å². The summed E-state index contributed by atoms with van der Waals surface area (Å²) in [6.45, 7) is 6.53. The summed E-state index contributed by atoms with van der Waals surface area (Å²) in [5.74, 6) is -0.0775. The first kappa shape index (κ1) is 23.8. The van der Waals surface area contributed by atoms with E-state index in [0.29, 0.717) is 41.3 Å². The number of ketones is 1. The molecule has 1 atom stereocenters. The molecular weight excluding hydrogens is 441 g/mol. The van der Waals surface area contributed by atoms with E-state index in [4.69, 9.17) is 11.6 Å². The van der Waals surface area contributed by atoms with Crippen LogP contribution in [-0.2, 0) is 17.8 Å². The molecule has 1 aliphatic carbocycles. The number of aromatic nitrogens is 1. The van der Waals surface area contributed by atoms with Gasteiger partial charge >= 0.3 is 0 Å². The van der Waals surface area contributed by atoms with Gasteiger partial charge in [0.05, 0.1) is 0 Å². The van der Waals surface area contributed by atoms with Crippen LogP contribution in [0.4, 0.5) is 4.39 Å². The molecule has 1 saturated heterocycles. The van der Waals surface area contributed by atoms with E-state index in [9.17, 15) is 14.0 Å². The van der Waals surface area contributed by atoms with Crippen LogP contribution in [0.25, 0.3) is 0 Å². The fraction of sp³-hybridized carbons (Fsp3) is 0.500. The lowest BCUT2D eigenvalue weighted by molar-refractivity contribution is -0.140. The van der Waals surface area contributed by atoms with Gasteiger partial charge < -0.3 is 4.90 Å². The molecule has 1 amide bonds. The number of piperazine rings is 1. The van der Waals surface area contributed by atoms with Gasteiger partial charge in [0.15, 0.2) is 5.78 Å². The Balaban J connectivity index is 1.42. The zero-order valence-electron chi connectivity index (χ0n) is 19.3. The lowest BCUT2D eigenvalue weighted by atomic mass is 10.0. The van der Waals surface area contributed by atoms with Crippen LogP contribution in [0.15, 0.2) is 30.5 Å². The maximum atomic E-state index is 14.4. The highest BCUT2D eigenvalue weighted by Gasteiger charge is 2.33. The highest BCUT2D eigenvalue weighted by atomic mass is 35.5. The Bertz CT molecular complexity index is 1020. The van der Waals surface area contributed by atoms with Gasteiger partial charge in [0.1, 0.15) is 5.82 Å². The topological polar surface area (TPSA) is 53.5 Å². The molecule has 33 heavy (non-hydrogen) atoms. The van der Waals surface area contributed by atoms with Gasteiger partial charge in [-0.25, -0.2) is 4.39 Å². The molecule has 2 fully saturated rings. The first-order chi connectivity index (χ1) is 15.8. The number of benzene rings is 1. The van der Waals surface area contributed by atoms with E-state index in [2.05, 4.69) is 16.8 Å². The van der Waals surface area contributed by atoms with Crippen molar-refractivity contribution in [1.29, 1.82) is 0 Å². The zero-order chi connectivity index (χ0) is 23.5. The number of nitrogens with zero attached hydrogens (tertiary/aromatic N) is 3. The molecular formula is C26H31ClFN3O2. The third kappa shape index (κ3) is 5.61. The van der Waals surface area contributed by atoms with Crippen molar-refractivity contribution >= 4 is 23.3 Å². The number of hydrogen-bond acceptors (Lipinski definition) is 4. The number of aryl methyl sites for hydroxylation is 1. The molecule has 1 aromatic heterocycles. The summed E-state index contributed by atoms with van der Waals surface area (Å²) in [5, 5.41) is 0.432. The van der Waals surface area contributed by atoms with Crippen molar-refractivity contribution in [3.63, 3.8) is 0 Å². The summed E-state index contributed by atoms with van der Waals surface area (Å²) in [7, 11) is 0. The Morgan fingerprint density at radius 2 is 1.88 bits per heavy atom. The lowest BCUT2D eigenvalue weighted by Gasteiger charge is -2.41. The van der Waals surface area contributed by atoms with Gasteiger partial charge in [-0.15, -0.1) is 0 Å². The molecule has 0 radical (unpaired) electrons. The molecule has 1 aliphatic heterocycles. The first-order valence-electron chi connectivity index (χ1n) is 11.8. The molecule has 0 bridgehead atoms. The quantitative estimate of drug-likeness (QED) is 0.566. The Hall–Kier alpha value is -2.31. The number of Topliss-reactive ketones (excluding diaryl/α,β-unsaturated/α-hetero) is 1. The van der Waals surface area contributed by atoms with E-state index in [0.717, 1.165) is 37.9 Å². The van der Waals surface area contributed by atoms with Crippen LogP contribution in [0.1, 0.15) is 59.8 Å². The molecule has 176 valence electrons. The van der Waals surface area contributed by atoms with Gasteiger partial charge in [-0.3, -0.25) is 19.5 Å². The van der Waals surface area contributed by atoms with Gasteiger partial charge in [0, 0.05) is 67.0 Å². The second-order valence-electron chi connectivity index (χ2n) is 9.42. The van der Waals surface area contributed by atoms with Crippen LogP contribution in [-0.4, -0.2) is 52.2 Å². The number of carbonyl (C=O) groups excluding carboxylic acids is 2. The summed E-state index contributed by atoms with van der Waals surface area (Å²) in [5.41, 5.74) is 2.47. The molecule has 1 saturated carbocycles. The normalized spacial score (nSPS) is 19.8. The van der Waals surface area contributed by atoms with Crippen LogP contribution in [0.2, 0.25) is 5.02 Å². The van der Waals surface area contributed by atoms with Crippen LogP contribution in [0.5, 0.6) is 0 Å². The summed E-state index contributed by atoms with van der Waals surface area (Å²) >= 11 is 6.63. The third-order valence-corrected chi connectivity index (χ3v) is 7.35. The third-order valence-electron chi connectivity index (χ3n) is 6.87. The standard InChI is InChI=1S/C26H31ClFN3O2/c1-17-7-8-20(14-29-17)24(32)13-21-11-23(28)12-22(25(21)27)16-30-9-10-31(18(2)15-30)26(33)19-5-3-4-6-19/h7-8,11-12,14,18-19H,3-6,9-10,13,15-16H2,1-2H3/t18-/m0/s1. The number of pyridine rings is 1. The minimum absolute atomic E-state index is 0.0222. The average molecular weight is 472 g/mol. The molecule has 0 unspecified atom stereocenters. The van der Waals surface area contributed by atoms with Crippen molar-refractivity contribution in [3.8, 4) is 0 Å². The van der Waals surface area contributed by atoms with Gasteiger partial charge in [-0.2, -0.15) is 0 Å². The van der Waals surface area contributed by atoms with Gasteiger partial charge in [-0.05, 0) is 62.1 Å². The second kappa shape index (κ2) is 10.3. The Labute approximate surface area is 199 Å². The maximum Gasteiger partial charge on any atom is 0.226 e. The minimum Gasteiger partial charge on any atom is -0.337 e. The fourth-order valence-electron chi connectivity index (χ4n) is 5.01. The number of halogens is 2. The predicted octanol–water partition coefficient (Wildman–Crippen LogP) is 4.83. The highest BCUT2D eigenvalue weighted by molar-refractivity contribution is 6.32. The highest BCUT2D eigenvalue weighted by Crippen LogP contribution is 2.29. The van der Waals surface area contributed by atoms with Crippen molar-refractivity contribution in [1.82, 2.24) is 14.8 Å². The van der Waals surface area contributed by atoms with Crippen LogP contribution < -0.4 is 0 Å². The van der Waals surface area contributed by atoms with E-state index >= 15 is 0 Å². The summed E-state index contributed by atoms with van der Waals surface area (Å²) < 4.78 is 14.4. The number of carbonyl (C=O) groups is 2. The molecule has 0 spiro atoms. The molecule has 5 nitrogen and oxygen atoms in total. The van der Waals surface area contributed by atoms with Crippen LogP contribution >= 0.6 is 11.6 Å². The Kier molecular flexibility index (Phi) is 7.45. The molecule has 4 rings (SSSR count). The lowest BCUT2D eigenvalue weighted by Crippen LogP contribution is -2.54. The maximum absolute atomic E-state index is 14.4. The van der Waals surface area contributed by atoms with Gasteiger partial charge in [0.25, 0.3) is 0 Å². The largest absolute Gasteiger partial charge is 0.337 e. The predicted molar refractivity (Wildman–Crippen MR) is 127 cm³/mol. The summed E-state index contributed by atoms with van der Waals surface area (Å²) in [4.78, 5) is 33.9. The number of rotatable bonds is 6. The van der Waals surface area contributed by atoms with Gasteiger partial charge in [-0.1, -0.05) is 24.4 Å². The molecule has 1 aromatic carbocycles. The average Bonchev–Trinajstić information content (AvgIpc) is 3.32. The van der Waals surface area contributed by atoms with Gasteiger partial charge in [0.2, 0.25) is 5.91 Å². The smallest absolute Gasteiger partial charge is 0.226 e. The van der Waals surface area contributed by atoms with E-state index in [1.165, 1.54) is 12.1 Å². The van der Waals surface area contributed by atoms with Crippen molar-refractivity contribution < 1.29 is 14.0 Å². The molecule has 7 heteroatoms.